The maximum Gasteiger partial charge on any atom is 0.161 e. The number of nitrogens with one attached hydrogen (secondary N) is 1. The standard InChI is InChI=1S/C18H20FNO3/c1-21-17-9-12-7-8-20-16(15(12)10-18(17)22-2)11-23-14-5-3-13(19)4-6-14/h3-6,9-10,16,20H,7-8,11H2,1-2H3/t16-/m0/s1. The highest BCUT2D eigenvalue weighted by Gasteiger charge is 2.23. The lowest BCUT2D eigenvalue weighted by Gasteiger charge is -2.28. The van der Waals surface area contributed by atoms with Gasteiger partial charge in [-0.2, -0.15) is 0 Å². The van der Waals surface area contributed by atoms with E-state index in [4.69, 9.17) is 14.2 Å². The Morgan fingerprint density at radius 1 is 1.09 bits per heavy atom. The van der Waals surface area contributed by atoms with Crippen molar-refractivity contribution in [3.8, 4) is 17.2 Å². The van der Waals surface area contributed by atoms with E-state index in [9.17, 15) is 4.39 Å². The van der Waals surface area contributed by atoms with Gasteiger partial charge in [0.15, 0.2) is 11.5 Å². The van der Waals surface area contributed by atoms with Crippen LogP contribution in [0.5, 0.6) is 17.2 Å². The summed E-state index contributed by atoms with van der Waals surface area (Å²) < 4.78 is 29.5. The van der Waals surface area contributed by atoms with E-state index in [2.05, 4.69) is 5.32 Å². The molecule has 1 heterocycles. The molecule has 1 aliphatic rings. The Morgan fingerprint density at radius 3 is 2.48 bits per heavy atom. The van der Waals surface area contributed by atoms with Gasteiger partial charge in [0, 0.05) is 0 Å². The van der Waals surface area contributed by atoms with E-state index >= 15 is 0 Å². The van der Waals surface area contributed by atoms with Crippen LogP contribution in [0.25, 0.3) is 0 Å². The Balaban J connectivity index is 1.79. The number of rotatable bonds is 5. The number of halogens is 1. The quantitative estimate of drug-likeness (QED) is 0.920. The zero-order chi connectivity index (χ0) is 16.2. The van der Waals surface area contributed by atoms with Crippen molar-refractivity contribution in [2.45, 2.75) is 12.5 Å². The Hall–Kier alpha value is -2.27. The molecule has 0 saturated carbocycles. The van der Waals surface area contributed by atoms with Crippen molar-refractivity contribution in [2.24, 2.45) is 0 Å². The molecule has 1 N–H and O–H groups in total. The van der Waals surface area contributed by atoms with Crippen LogP contribution in [-0.4, -0.2) is 27.4 Å². The van der Waals surface area contributed by atoms with Gasteiger partial charge in [-0.25, -0.2) is 4.39 Å². The first-order valence-corrected chi connectivity index (χ1v) is 7.58. The van der Waals surface area contributed by atoms with Gasteiger partial charge in [-0.15, -0.1) is 0 Å². The second kappa shape index (κ2) is 6.87. The molecule has 0 unspecified atom stereocenters. The van der Waals surface area contributed by atoms with E-state index in [0.717, 1.165) is 24.3 Å². The van der Waals surface area contributed by atoms with Crippen molar-refractivity contribution in [1.29, 1.82) is 0 Å². The zero-order valence-electron chi connectivity index (χ0n) is 13.3. The molecule has 0 fully saturated rings. The third-order valence-electron chi connectivity index (χ3n) is 4.04. The Morgan fingerprint density at radius 2 is 1.78 bits per heavy atom. The predicted octanol–water partition coefficient (Wildman–Crippen LogP) is 3.11. The lowest BCUT2D eigenvalue weighted by molar-refractivity contribution is 0.260. The molecule has 23 heavy (non-hydrogen) atoms. The molecule has 1 aliphatic heterocycles. The minimum Gasteiger partial charge on any atom is -0.493 e. The van der Waals surface area contributed by atoms with Gasteiger partial charge in [0.1, 0.15) is 18.2 Å². The molecule has 0 spiro atoms. The normalized spacial score (nSPS) is 16.6. The summed E-state index contributed by atoms with van der Waals surface area (Å²) >= 11 is 0. The van der Waals surface area contributed by atoms with Crippen LogP contribution in [0.2, 0.25) is 0 Å². The van der Waals surface area contributed by atoms with Crippen LogP contribution >= 0.6 is 0 Å². The van der Waals surface area contributed by atoms with Crippen molar-refractivity contribution in [2.75, 3.05) is 27.4 Å². The minimum absolute atomic E-state index is 0.0589. The summed E-state index contributed by atoms with van der Waals surface area (Å²) in [5.41, 5.74) is 2.38. The molecule has 0 amide bonds. The molecule has 2 aromatic rings. The van der Waals surface area contributed by atoms with Crippen LogP contribution in [-0.2, 0) is 6.42 Å². The van der Waals surface area contributed by atoms with Crippen molar-refractivity contribution >= 4 is 0 Å². The lowest BCUT2D eigenvalue weighted by Crippen LogP contribution is -2.33. The maximum absolute atomic E-state index is 12.9. The van der Waals surface area contributed by atoms with Gasteiger partial charge in [0.05, 0.1) is 20.3 Å². The molecular weight excluding hydrogens is 297 g/mol. The molecule has 0 bridgehead atoms. The number of hydrogen-bond donors (Lipinski definition) is 1. The molecule has 122 valence electrons. The van der Waals surface area contributed by atoms with Gasteiger partial charge in [-0.1, -0.05) is 0 Å². The predicted molar refractivity (Wildman–Crippen MR) is 85.9 cm³/mol. The molecule has 0 aliphatic carbocycles. The fourth-order valence-corrected chi connectivity index (χ4v) is 2.83. The topological polar surface area (TPSA) is 39.7 Å². The van der Waals surface area contributed by atoms with Crippen LogP contribution < -0.4 is 19.5 Å². The van der Waals surface area contributed by atoms with Crippen molar-refractivity contribution in [3.63, 3.8) is 0 Å². The van der Waals surface area contributed by atoms with Gasteiger partial charge >= 0.3 is 0 Å². The van der Waals surface area contributed by atoms with E-state index in [0.29, 0.717) is 18.1 Å². The first kappa shape index (κ1) is 15.6. The molecule has 1 atom stereocenters. The number of fused-ring (bicyclic) bond motifs is 1. The maximum atomic E-state index is 12.9. The van der Waals surface area contributed by atoms with Crippen LogP contribution in [0.1, 0.15) is 17.2 Å². The molecule has 0 radical (unpaired) electrons. The summed E-state index contributed by atoms with van der Waals surface area (Å²) in [7, 11) is 3.27. The highest BCUT2D eigenvalue weighted by Crippen LogP contribution is 2.35. The second-order valence-electron chi connectivity index (χ2n) is 5.43. The fourth-order valence-electron chi connectivity index (χ4n) is 2.83. The highest BCUT2D eigenvalue weighted by atomic mass is 19.1. The van der Waals surface area contributed by atoms with E-state index in [1.807, 2.05) is 12.1 Å². The first-order valence-electron chi connectivity index (χ1n) is 7.58. The largest absolute Gasteiger partial charge is 0.493 e. The summed E-state index contributed by atoms with van der Waals surface area (Å²) in [5, 5.41) is 3.45. The smallest absolute Gasteiger partial charge is 0.161 e. The van der Waals surface area contributed by atoms with E-state index in [-0.39, 0.29) is 11.9 Å². The Kier molecular flexibility index (Phi) is 4.67. The third-order valence-corrected chi connectivity index (χ3v) is 4.04. The molecule has 2 aromatic carbocycles. The second-order valence-corrected chi connectivity index (χ2v) is 5.43. The summed E-state index contributed by atoms with van der Waals surface area (Å²) in [5.74, 6) is 1.84. The third kappa shape index (κ3) is 3.40. The van der Waals surface area contributed by atoms with Crippen molar-refractivity contribution < 1.29 is 18.6 Å². The summed E-state index contributed by atoms with van der Waals surface area (Å²) in [6.45, 7) is 1.34. The Bertz CT molecular complexity index is 673. The molecule has 5 heteroatoms. The SMILES string of the molecule is COc1cc2c(cc1OC)[C@H](COc1ccc(F)cc1)NCC2. The molecule has 0 aromatic heterocycles. The number of ether oxygens (including phenoxy) is 3. The van der Waals surface area contributed by atoms with Crippen molar-refractivity contribution in [1.82, 2.24) is 5.32 Å². The number of hydrogen-bond acceptors (Lipinski definition) is 4. The molecular formula is C18H20FNO3. The van der Waals surface area contributed by atoms with E-state index < -0.39 is 0 Å². The van der Waals surface area contributed by atoms with Gasteiger partial charge in [-0.05, 0) is 60.5 Å². The zero-order valence-corrected chi connectivity index (χ0v) is 13.3. The lowest BCUT2D eigenvalue weighted by atomic mass is 9.94. The summed E-state index contributed by atoms with van der Waals surface area (Å²) in [4.78, 5) is 0. The average Bonchev–Trinajstić information content (AvgIpc) is 2.60. The van der Waals surface area contributed by atoms with Gasteiger partial charge < -0.3 is 19.5 Å². The van der Waals surface area contributed by atoms with E-state index in [1.165, 1.54) is 17.7 Å². The van der Waals surface area contributed by atoms with Crippen LogP contribution in [0.4, 0.5) is 4.39 Å². The van der Waals surface area contributed by atoms with Crippen LogP contribution in [0, 0.1) is 5.82 Å². The van der Waals surface area contributed by atoms with Crippen LogP contribution in [0.3, 0.4) is 0 Å². The van der Waals surface area contributed by atoms with Gasteiger partial charge in [-0.3, -0.25) is 0 Å². The van der Waals surface area contributed by atoms with Gasteiger partial charge in [0.2, 0.25) is 0 Å². The van der Waals surface area contributed by atoms with Crippen LogP contribution in [0.15, 0.2) is 36.4 Å². The number of benzene rings is 2. The van der Waals surface area contributed by atoms with Gasteiger partial charge in [0.25, 0.3) is 0 Å². The van der Waals surface area contributed by atoms with E-state index in [1.54, 1.807) is 26.4 Å². The fraction of sp³-hybridized carbons (Fsp3) is 0.333. The monoisotopic (exact) mass is 317 g/mol. The minimum atomic E-state index is -0.268. The molecule has 0 saturated heterocycles. The summed E-state index contributed by atoms with van der Waals surface area (Å²) in [6.07, 6.45) is 0.933. The Labute approximate surface area is 135 Å². The highest BCUT2D eigenvalue weighted by molar-refractivity contribution is 5.49. The average molecular weight is 317 g/mol. The summed E-state index contributed by atoms with van der Waals surface area (Å²) in [6, 6.07) is 10.1. The van der Waals surface area contributed by atoms with Crippen molar-refractivity contribution in [3.05, 3.63) is 53.3 Å². The molecule has 3 rings (SSSR count). The first-order chi connectivity index (χ1) is 11.2. The molecule has 4 nitrogen and oxygen atoms in total. The number of methoxy groups -OCH3 is 2.